The van der Waals surface area contributed by atoms with Crippen LogP contribution in [0, 0.1) is 0 Å². The van der Waals surface area contributed by atoms with Gasteiger partial charge in [-0.15, -0.1) is 0 Å². The Bertz CT molecular complexity index is 2050. The molecule has 178 valence electrons. The Morgan fingerprint density at radius 1 is 0.395 bits per heavy atom. The van der Waals surface area contributed by atoms with Gasteiger partial charge in [-0.2, -0.15) is 0 Å². The van der Waals surface area contributed by atoms with Crippen LogP contribution in [0.2, 0.25) is 0 Å². The summed E-state index contributed by atoms with van der Waals surface area (Å²) in [6.45, 7) is 0. The molecule has 0 N–H and O–H groups in total. The first-order valence-electron chi connectivity index (χ1n) is 12.8. The Balaban J connectivity index is 1.28. The largest absolute Gasteiger partial charge is 0.338 e. The van der Waals surface area contributed by atoms with E-state index < -0.39 is 0 Å². The fourth-order valence-corrected chi connectivity index (χ4v) is 6.07. The molecule has 1 heterocycles. The zero-order chi connectivity index (χ0) is 25.2. The number of aromatic nitrogens is 2. The molecule has 0 aliphatic heterocycles. The molecular weight excluding hydrogens is 464 g/mol. The topological polar surface area (TPSA) is 26.9 Å². The molecule has 1 aromatic heterocycles. The lowest BCUT2D eigenvalue weighted by atomic mass is 9.94. The first kappa shape index (κ1) is 21.0. The van der Waals surface area contributed by atoms with Gasteiger partial charge in [-0.3, -0.25) is 9.13 Å². The van der Waals surface area contributed by atoms with Crippen molar-refractivity contribution in [2.24, 2.45) is 0 Å². The van der Waals surface area contributed by atoms with E-state index in [-0.39, 0.29) is 5.69 Å². The zero-order valence-electron chi connectivity index (χ0n) is 20.5. The first-order valence-corrected chi connectivity index (χ1v) is 12.8. The molecule has 0 unspecified atom stereocenters. The molecule has 0 saturated carbocycles. The maximum absolute atomic E-state index is 13.7. The predicted molar refractivity (Wildman–Crippen MR) is 156 cm³/mol. The van der Waals surface area contributed by atoms with E-state index >= 15 is 0 Å². The van der Waals surface area contributed by atoms with Gasteiger partial charge < -0.3 is 0 Å². The van der Waals surface area contributed by atoms with Gasteiger partial charge in [0.25, 0.3) is 0 Å². The number of imidazole rings is 1. The fraction of sp³-hybridized carbons (Fsp3) is 0. The lowest BCUT2D eigenvalue weighted by molar-refractivity contribution is 0.931. The summed E-state index contributed by atoms with van der Waals surface area (Å²) in [5.41, 5.74) is 10.9. The third-order valence-corrected chi connectivity index (χ3v) is 7.75. The van der Waals surface area contributed by atoms with Gasteiger partial charge in [-0.1, -0.05) is 97.1 Å². The van der Waals surface area contributed by atoms with Crippen molar-refractivity contribution in [3.63, 3.8) is 0 Å². The highest BCUT2D eigenvalue weighted by molar-refractivity contribution is 6.18. The quantitative estimate of drug-likeness (QED) is 0.247. The van der Waals surface area contributed by atoms with Crippen LogP contribution in [0.15, 0.2) is 138 Å². The lowest BCUT2D eigenvalue weighted by Gasteiger charge is -2.11. The Labute approximate surface area is 219 Å². The molecule has 3 heteroatoms. The van der Waals surface area contributed by atoms with E-state index in [1.165, 1.54) is 38.6 Å². The van der Waals surface area contributed by atoms with E-state index in [2.05, 4.69) is 78.9 Å². The Kier molecular flexibility index (Phi) is 4.38. The van der Waals surface area contributed by atoms with E-state index in [0.717, 1.165) is 28.0 Å². The molecule has 0 fully saturated rings. The van der Waals surface area contributed by atoms with Crippen LogP contribution in [0.4, 0.5) is 0 Å². The van der Waals surface area contributed by atoms with Crippen molar-refractivity contribution in [3.05, 3.63) is 144 Å². The second kappa shape index (κ2) is 7.92. The summed E-state index contributed by atoms with van der Waals surface area (Å²) in [6.07, 6.45) is 0. The van der Waals surface area contributed by atoms with Gasteiger partial charge >= 0.3 is 5.69 Å². The summed E-state index contributed by atoms with van der Waals surface area (Å²) in [7, 11) is 0. The zero-order valence-corrected chi connectivity index (χ0v) is 20.5. The second-order valence-electron chi connectivity index (χ2n) is 9.76. The molecule has 7 aromatic rings. The highest BCUT2D eigenvalue weighted by Gasteiger charge is 2.22. The van der Waals surface area contributed by atoms with Crippen LogP contribution in [-0.2, 0) is 0 Å². The number of benzene rings is 6. The third kappa shape index (κ3) is 2.87. The number of hydrogen-bond acceptors (Lipinski definition) is 1. The molecule has 8 rings (SSSR count). The van der Waals surface area contributed by atoms with Gasteiger partial charge in [0.2, 0.25) is 0 Å². The molecule has 0 bridgehead atoms. The number of hydrogen-bond donors (Lipinski definition) is 0. The monoisotopic (exact) mass is 486 g/mol. The van der Waals surface area contributed by atoms with E-state index in [9.17, 15) is 4.79 Å². The maximum atomic E-state index is 13.7. The van der Waals surface area contributed by atoms with E-state index in [1.807, 2.05) is 54.6 Å². The van der Waals surface area contributed by atoms with Crippen LogP contribution in [0.5, 0.6) is 0 Å². The second-order valence-corrected chi connectivity index (χ2v) is 9.76. The van der Waals surface area contributed by atoms with Gasteiger partial charge in [-0.25, -0.2) is 4.79 Å². The number of nitrogens with zero attached hydrogens (tertiary/aromatic N) is 2. The van der Waals surface area contributed by atoms with Crippen LogP contribution >= 0.6 is 0 Å². The minimum Gasteiger partial charge on any atom is -0.260 e. The number of rotatable bonds is 3. The molecule has 38 heavy (non-hydrogen) atoms. The summed E-state index contributed by atoms with van der Waals surface area (Å²) in [5.74, 6) is 0. The Morgan fingerprint density at radius 3 is 1.61 bits per heavy atom. The van der Waals surface area contributed by atoms with Crippen molar-refractivity contribution >= 4 is 21.8 Å². The predicted octanol–water partition coefficient (Wildman–Crippen LogP) is 8.25. The molecule has 1 aliphatic rings. The van der Waals surface area contributed by atoms with Gasteiger partial charge in [0.1, 0.15) is 0 Å². The molecular formula is C35H22N2O. The minimum absolute atomic E-state index is 0.0757. The Hall–Kier alpha value is -5.15. The van der Waals surface area contributed by atoms with Crippen molar-refractivity contribution in [1.29, 1.82) is 0 Å². The molecule has 3 nitrogen and oxygen atoms in total. The van der Waals surface area contributed by atoms with Gasteiger partial charge in [0, 0.05) is 0 Å². The standard InChI is InChI=1S/C35H22N2O/c38-35-36(24-9-2-1-3-10-24)32-15-6-7-16-33(32)37(35)25-19-17-23(18-20-25)26-21-22-31-28-12-5-4-11-27(28)30-14-8-13-29(26)34(30)31/h1-22H. The van der Waals surface area contributed by atoms with Crippen LogP contribution in [0.25, 0.3) is 66.6 Å². The fourth-order valence-electron chi connectivity index (χ4n) is 6.07. The van der Waals surface area contributed by atoms with E-state index in [0.29, 0.717) is 0 Å². The molecule has 0 amide bonds. The van der Waals surface area contributed by atoms with Crippen LogP contribution in [0.1, 0.15) is 0 Å². The van der Waals surface area contributed by atoms with Crippen molar-refractivity contribution < 1.29 is 0 Å². The highest BCUT2D eigenvalue weighted by atomic mass is 16.1. The smallest absolute Gasteiger partial charge is 0.260 e. The van der Waals surface area contributed by atoms with Crippen LogP contribution in [-0.4, -0.2) is 9.13 Å². The van der Waals surface area contributed by atoms with Crippen molar-refractivity contribution in [1.82, 2.24) is 9.13 Å². The summed E-state index contributed by atoms with van der Waals surface area (Å²) in [4.78, 5) is 13.7. The molecule has 0 atom stereocenters. The third-order valence-electron chi connectivity index (χ3n) is 7.75. The molecule has 0 spiro atoms. The van der Waals surface area contributed by atoms with Gasteiger partial charge in [0.15, 0.2) is 0 Å². The summed E-state index contributed by atoms with van der Waals surface area (Å²) < 4.78 is 3.58. The maximum Gasteiger partial charge on any atom is 0.338 e. The lowest BCUT2D eigenvalue weighted by Crippen LogP contribution is -2.22. The highest BCUT2D eigenvalue weighted by Crippen LogP contribution is 2.49. The normalized spacial score (nSPS) is 11.8. The number of para-hydroxylation sites is 3. The number of fused-ring (bicyclic) bond motifs is 4. The SMILES string of the molecule is O=c1n(-c2ccccc2)c2ccccc2n1-c1ccc(-c2ccc3c4c(cccc24)-c2ccccc2-3)cc1. The average Bonchev–Trinajstić information content (AvgIpc) is 3.47. The van der Waals surface area contributed by atoms with E-state index in [4.69, 9.17) is 0 Å². The van der Waals surface area contributed by atoms with Gasteiger partial charge in [0.05, 0.1) is 22.4 Å². The molecule has 0 saturated heterocycles. The summed E-state index contributed by atoms with van der Waals surface area (Å²) in [6, 6.07) is 45.8. The molecule has 1 aliphatic carbocycles. The minimum atomic E-state index is -0.0757. The van der Waals surface area contributed by atoms with Crippen molar-refractivity contribution in [3.8, 4) is 44.8 Å². The van der Waals surface area contributed by atoms with E-state index in [1.54, 1.807) is 9.13 Å². The Morgan fingerprint density at radius 2 is 0.921 bits per heavy atom. The first-order chi connectivity index (χ1) is 18.8. The van der Waals surface area contributed by atoms with Crippen molar-refractivity contribution in [2.45, 2.75) is 0 Å². The summed E-state index contributed by atoms with van der Waals surface area (Å²) in [5, 5.41) is 2.57. The molecule has 6 aromatic carbocycles. The average molecular weight is 487 g/mol. The van der Waals surface area contributed by atoms with Crippen LogP contribution in [0.3, 0.4) is 0 Å². The van der Waals surface area contributed by atoms with Gasteiger partial charge in [-0.05, 0) is 80.6 Å². The molecule has 0 radical (unpaired) electrons. The van der Waals surface area contributed by atoms with Crippen LogP contribution < -0.4 is 5.69 Å². The van der Waals surface area contributed by atoms with Crippen molar-refractivity contribution in [2.75, 3.05) is 0 Å². The summed E-state index contributed by atoms with van der Waals surface area (Å²) >= 11 is 0.